The zero-order chi connectivity index (χ0) is 16.5. The van der Waals surface area contributed by atoms with Crippen molar-refractivity contribution in [2.24, 2.45) is 4.99 Å². The average Bonchev–Trinajstić information content (AvgIpc) is 3.06. The molecule has 0 amide bonds. The van der Waals surface area contributed by atoms with Crippen LogP contribution in [0.4, 0.5) is 0 Å². The van der Waals surface area contributed by atoms with Crippen molar-refractivity contribution in [1.82, 2.24) is 10.6 Å². The third-order valence-electron chi connectivity index (χ3n) is 3.38. The number of hydrogen-bond acceptors (Lipinski definition) is 3. The van der Waals surface area contributed by atoms with Gasteiger partial charge in [-0.25, -0.2) is 0 Å². The molecule has 1 unspecified atom stereocenters. The molecular weight excluding hydrogens is 417 g/mol. The number of benzene rings is 1. The highest BCUT2D eigenvalue weighted by molar-refractivity contribution is 14.0. The Hall–Kier alpha value is -1.70. The lowest BCUT2D eigenvalue weighted by Gasteiger charge is -2.17. The Labute approximate surface area is 160 Å². The molecule has 1 heterocycles. The van der Waals surface area contributed by atoms with Crippen LogP contribution < -0.4 is 15.4 Å². The fourth-order valence-electron chi connectivity index (χ4n) is 2.11. The van der Waals surface area contributed by atoms with Gasteiger partial charge in [0, 0.05) is 20.0 Å². The molecule has 1 aromatic heterocycles. The molecule has 6 heteroatoms. The van der Waals surface area contributed by atoms with Crippen LogP contribution in [0.2, 0.25) is 0 Å². The van der Waals surface area contributed by atoms with E-state index < -0.39 is 0 Å². The molecule has 0 saturated carbocycles. The van der Waals surface area contributed by atoms with E-state index in [1.807, 2.05) is 43.3 Å². The van der Waals surface area contributed by atoms with E-state index in [2.05, 4.69) is 22.5 Å². The minimum atomic E-state index is 0. The summed E-state index contributed by atoms with van der Waals surface area (Å²) >= 11 is 0. The molecule has 0 saturated heterocycles. The lowest BCUT2D eigenvalue weighted by atomic mass is 10.2. The second-order valence-electron chi connectivity index (χ2n) is 5.45. The summed E-state index contributed by atoms with van der Waals surface area (Å²) in [5, 5.41) is 6.52. The minimum Gasteiger partial charge on any atom is -0.489 e. The van der Waals surface area contributed by atoms with Gasteiger partial charge in [0.05, 0.1) is 12.8 Å². The lowest BCUT2D eigenvalue weighted by Crippen LogP contribution is -2.42. The highest BCUT2D eigenvalue weighted by atomic mass is 127. The van der Waals surface area contributed by atoms with Crippen molar-refractivity contribution >= 4 is 29.9 Å². The zero-order valence-corrected chi connectivity index (χ0v) is 16.7. The van der Waals surface area contributed by atoms with E-state index in [9.17, 15) is 0 Å². The summed E-state index contributed by atoms with van der Waals surface area (Å²) in [7, 11) is 1.76. The highest BCUT2D eigenvalue weighted by Crippen LogP contribution is 2.12. The Kier molecular flexibility index (Phi) is 9.29. The molecule has 24 heavy (non-hydrogen) atoms. The molecule has 1 atom stereocenters. The van der Waals surface area contributed by atoms with E-state index in [0.717, 1.165) is 30.4 Å². The fourth-order valence-corrected chi connectivity index (χ4v) is 2.11. The SMILES string of the molecule is CN=C(NCCc1ccco1)NCC(C)Oc1ccc(C)cc1.I. The van der Waals surface area contributed by atoms with E-state index in [4.69, 9.17) is 9.15 Å². The molecule has 0 aliphatic heterocycles. The maximum atomic E-state index is 5.87. The maximum Gasteiger partial charge on any atom is 0.191 e. The predicted molar refractivity (Wildman–Crippen MR) is 108 cm³/mol. The number of nitrogens with one attached hydrogen (secondary N) is 2. The smallest absolute Gasteiger partial charge is 0.191 e. The zero-order valence-electron chi connectivity index (χ0n) is 14.4. The molecule has 132 valence electrons. The molecular formula is C18H26IN3O2. The molecule has 5 nitrogen and oxygen atoms in total. The molecule has 2 aromatic rings. The van der Waals surface area contributed by atoms with Crippen LogP contribution in [0.1, 0.15) is 18.2 Å². The van der Waals surface area contributed by atoms with Crippen molar-refractivity contribution in [2.75, 3.05) is 20.1 Å². The van der Waals surface area contributed by atoms with Crippen molar-refractivity contribution in [2.45, 2.75) is 26.4 Å². The average molecular weight is 443 g/mol. The Balaban J connectivity index is 0.00000288. The number of halogens is 1. The molecule has 2 N–H and O–H groups in total. The van der Waals surface area contributed by atoms with Crippen LogP contribution >= 0.6 is 24.0 Å². The Morgan fingerprint density at radius 1 is 1.21 bits per heavy atom. The van der Waals surface area contributed by atoms with Crippen LogP contribution in [-0.2, 0) is 6.42 Å². The quantitative estimate of drug-likeness (QED) is 0.392. The number of ether oxygens (including phenoxy) is 1. The molecule has 0 fully saturated rings. The molecule has 0 bridgehead atoms. The Morgan fingerprint density at radius 3 is 2.58 bits per heavy atom. The van der Waals surface area contributed by atoms with E-state index in [1.165, 1.54) is 5.56 Å². The lowest BCUT2D eigenvalue weighted by molar-refractivity contribution is 0.224. The molecule has 0 spiro atoms. The second-order valence-corrected chi connectivity index (χ2v) is 5.45. The van der Waals surface area contributed by atoms with Gasteiger partial charge in [-0.2, -0.15) is 0 Å². The first kappa shape index (κ1) is 20.3. The normalized spacial score (nSPS) is 12.2. The summed E-state index contributed by atoms with van der Waals surface area (Å²) in [5.41, 5.74) is 1.23. The van der Waals surface area contributed by atoms with Crippen molar-refractivity contribution in [1.29, 1.82) is 0 Å². The molecule has 0 aliphatic rings. The number of aliphatic imine (C=N–C) groups is 1. The predicted octanol–water partition coefficient (Wildman–Crippen LogP) is 3.38. The van der Waals surface area contributed by atoms with Gasteiger partial charge in [0.2, 0.25) is 0 Å². The van der Waals surface area contributed by atoms with Crippen molar-refractivity contribution in [3.05, 3.63) is 54.0 Å². The number of nitrogens with zero attached hydrogens (tertiary/aromatic N) is 1. The maximum absolute atomic E-state index is 5.87. The standard InChI is InChI=1S/C18H25N3O2.HI/c1-14-6-8-17(9-7-14)23-15(2)13-21-18(19-3)20-11-10-16-5-4-12-22-16;/h4-9,12,15H,10-11,13H2,1-3H3,(H2,19,20,21);1H. The van der Waals surface area contributed by atoms with Gasteiger partial charge in [-0.3, -0.25) is 4.99 Å². The summed E-state index contributed by atoms with van der Waals surface area (Å²) in [4.78, 5) is 4.21. The monoisotopic (exact) mass is 443 g/mol. The van der Waals surface area contributed by atoms with Crippen LogP contribution in [0.15, 0.2) is 52.1 Å². The van der Waals surface area contributed by atoms with Crippen molar-refractivity contribution in [3.63, 3.8) is 0 Å². The van der Waals surface area contributed by atoms with Crippen LogP contribution in [-0.4, -0.2) is 32.2 Å². The first-order valence-corrected chi connectivity index (χ1v) is 7.87. The first-order chi connectivity index (χ1) is 11.2. The summed E-state index contributed by atoms with van der Waals surface area (Å²) < 4.78 is 11.2. The summed E-state index contributed by atoms with van der Waals surface area (Å²) in [6.45, 7) is 5.53. The third-order valence-corrected chi connectivity index (χ3v) is 3.38. The fraction of sp³-hybridized carbons (Fsp3) is 0.389. The van der Waals surface area contributed by atoms with Crippen molar-refractivity contribution < 1.29 is 9.15 Å². The Bertz CT molecular complexity index is 597. The van der Waals surface area contributed by atoms with Crippen LogP contribution in [0.5, 0.6) is 5.75 Å². The number of guanidine groups is 1. The minimum absolute atomic E-state index is 0. The topological polar surface area (TPSA) is 58.8 Å². The van der Waals surface area contributed by atoms with Gasteiger partial charge >= 0.3 is 0 Å². The van der Waals surface area contributed by atoms with Gasteiger partial charge in [0.15, 0.2) is 5.96 Å². The molecule has 0 radical (unpaired) electrons. The van der Waals surface area contributed by atoms with E-state index >= 15 is 0 Å². The molecule has 0 aliphatic carbocycles. The van der Waals surface area contributed by atoms with Crippen molar-refractivity contribution in [3.8, 4) is 5.75 Å². The van der Waals surface area contributed by atoms with Gasteiger partial charge in [-0.05, 0) is 38.1 Å². The van der Waals surface area contributed by atoms with E-state index in [0.29, 0.717) is 6.54 Å². The second kappa shape index (κ2) is 11.0. The number of aryl methyl sites for hydroxylation is 1. The van der Waals surface area contributed by atoms with E-state index in [1.54, 1.807) is 13.3 Å². The van der Waals surface area contributed by atoms with Gasteiger partial charge in [0.25, 0.3) is 0 Å². The Morgan fingerprint density at radius 2 is 1.96 bits per heavy atom. The van der Waals surface area contributed by atoms with Gasteiger partial charge < -0.3 is 19.8 Å². The van der Waals surface area contributed by atoms with E-state index in [-0.39, 0.29) is 30.1 Å². The molecule has 2 rings (SSSR count). The first-order valence-electron chi connectivity index (χ1n) is 7.87. The van der Waals surface area contributed by atoms with Gasteiger partial charge in [-0.15, -0.1) is 24.0 Å². The third kappa shape index (κ3) is 7.25. The van der Waals surface area contributed by atoms with Crippen LogP contribution in [0.25, 0.3) is 0 Å². The summed E-state index contributed by atoms with van der Waals surface area (Å²) in [5.74, 6) is 2.60. The number of hydrogen-bond donors (Lipinski definition) is 2. The summed E-state index contributed by atoms with van der Waals surface area (Å²) in [6, 6.07) is 11.9. The highest BCUT2D eigenvalue weighted by Gasteiger charge is 2.06. The number of furan rings is 1. The van der Waals surface area contributed by atoms with Gasteiger partial charge in [-0.1, -0.05) is 17.7 Å². The largest absolute Gasteiger partial charge is 0.489 e. The van der Waals surface area contributed by atoms with Crippen LogP contribution in [0.3, 0.4) is 0 Å². The summed E-state index contributed by atoms with van der Waals surface area (Å²) in [6.07, 6.45) is 2.55. The molecule has 1 aromatic carbocycles. The van der Waals surface area contributed by atoms with Crippen LogP contribution in [0, 0.1) is 6.92 Å². The van der Waals surface area contributed by atoms with Gasteiger partial charge in [0.1, 0.15) is 17.6 Å². The number of rotatable bonds is 7.